The van der Waals surface area contributed by atoms with Gasteiger partial charge in [-0.15, -0.1) is 12.4 Å². The molecule has 29 heavy (non-hydrogen) atoms. The molecule has 0 spiro atoms. The van der Waals surface area contributed by atoms with Gasteiger partial charge in [0.2, 0.25) is 0 Å². The standard InChI is InChI=1S/C21H25BrN4OS.ClH/c1-26(2)15-14-19(9-4-16-5-12-20(27-3)13-6-16)24-25-21(28)23-18-10-7-17(22)8-11-18;/h4-13H,14-15H2,1-3H3,(H2,23,25,28);1H/b9-4?,24-19-;. The lowest BCUT2D eigenvalue weighted by Crippen LogP contribution is -2.25. The maximum Gasteiger partial charge on any atom is 0.191 e. The molecule has 0 unspecified atom stereocenters. The normalized spacial score (nSPS) is 11.3. The lowest BCUT2D eigenvalue weighted by molar-refractivity contribution is 0.415. The van der Waals surface area contributed by atoms with Gasteiger partial charge in [0.05, 0.1) is 12.8 Å². The van der Waals surface area contributed by atoms with Gasteiger partial charge in [0.25, 0.3) is 0 Å². The number of rotatable bonds is 8. The zero-order valence-electron chi connectivity index (χ0n) is 16.7. The van der Waals surface area contributed by atoms with Gasteiger partial charge in [-0.2, -0.15) is 5.10 Å². The highest BCUT2D eigenvalue weighted by Gasteiger charge is 2.01. The van der Waals surface area contributed by atoms with Crippen molar-refractivity contribution in [2.75, 3.05) is 33.1 Å². The molecular formula is C21H26BrClN4OS. The number of nitrogens with one attached hydrogen (secondary N) is 2. The molecule has 0 amide bonds. The summed E-state index contributed by atoms with van der Waals surface area (Å²) in [6.07, 6.45) is 4.83. The Bertz CT molecular complexity index is 824. The van der Waals surface area contributed by atoms with Crippen molar-refractivity contribution in [1.82, 2.24) is 10.3 Å². The summed E-state index contributed by atoms with van der Waals surface area (Å²) in [5, 5.41) is 8.04. The molecule has 0 fully saturated rings. The number of benzene rings is 2. The maximum absolute atomic E-state index is 5.34. The molecule has 2 rings (SSSR count). The predicted molar refractivity (Wildman–Crippen MR) is 133 cm³/mol. The summed E-state index contributed by atoms with van der Waals surface area (Å²) < 4.78 is 6.21. The minimum atomic E-state index is 0. The van der Waals surface area contributed by atoms with Crippen LogP contribution in [0.5, 0.6) is 5.75 Å². The number of thiocarbonyl (C=S) groups is 1. The molecule has 8 heteroatoms. The summed E-state index contributed by atoms with van der Waals surface area (Å²) in [6, 6.07) is 15.7. The fourth-order valence-electron chi connectivity index (χ4n) is 2.24. The van der Waals surface area contributed by atoms with Crippen LogP contribution in [0.2, 0.25) is 0 Å². The van der Waals surface area contributed by atoms with Gasteiger partial charge in [0, 0.05) is 23.1 Å². The topological polar surface area (TPSA) is 48.9 Å². The van der Waals surface area contributed by atoms with Crippen molar-refractivity contribution in [2.45, 2.75) is 6.42 Å². The van der Waals surface area contributed by atoms with Crippen LogP contribution in [0.15, 0.2) is 64.2 Å². The Morgan fingerprint density at radius 3 is 2.38 bits per heavy atom. The van der Waals surface area contributed by atoms with E-state index in [0.717, 1.165) is 40.2 Å². The Morgan fingerprint density at radius 2 is 1.79 bits per heavy atom. The van der Waals surface area contributed by atoms with Crippen LogP contribution in [0.1, 0.15) is 12.0 Å². The van der Waals surface area contributed by atoms with Crippen molar-refractivity contribution in [2.24, 2.45) is 5.10 Å². The third kappa shape index (κ3) is 9.89. The molecule has 0 aliphatic carbocycles. The fourth-order valence-corrected chi connectivity index (χ4v) is 2.66. The number of ether oxygens (including phenoxy) is 1. The molecule has 0 aromatic heterocycles. The first-order valence-corrected chi connectivity index (χ1v) is 10.0. The van der Waals surface area contributed by atoms with Gasteiger partial charge in [-0.3, -0.25) is 5.43 Å². The second-order valence-corrected chi connectivity index (χ2v) is 7.66. The van der Waals surface area contributed by atoms with Crippen LogP contribution in [0.25, 0.3) is 6.08 Å². The number of hydrazone groups is 1. The van der Waals surface area contributed by atoms with Crippen LogP contribution in [0.4, 0.5) is 5.69 Å². The first-order valence-electron chi connectivity index (χ1n) is 8.82. The Kier molecular flexibility index (Phi) is 11.5. The van der Waals surface area contributed by atoms with Crippen molar-refractivity contribution in [3.05, 3.63) is 64.6 Å². The highest BCUT2D eigenvalue weighted by molar-refractivity contribution is 9.10. The zero-order chi connectivity index (χ0) is 20.4. The van der Waals surface area contributed by atoms with Crippen LogP contribution in [0.3, 0.4) is 0 Å². The molecule has 2 aromatic carbocycles. The molecule has 0 atom stereocenters. The van der Waals surface area contributed by atoms with Crippen molar-refractivity contribution in [1.29, 1.82) is 0 Å². The second-order valence-electron chi connectivity index (χ2n) is 6.34. The van der Waals surface area contributed by atoms with Crippen LogP contribution in [-0.4, -0.2) is 43.5 Å². The summed E-state index contributed by atoms with van der Waals surface area (Å²) in [6.45, 7) is 0.889. The molecule has 0 radical (unpaired) electrons. The van der Waals surface area contributed by atoms with Gasteiger partial charge in [-0.1, -0.05) is 34.1 Å². The largest absolute Gasteiger partial charge is 0.497 e. The summed E-state index contributed by atoms with van der Waals surface area (Å²) >= 11 is 8.76. The minimum Gasteiger partial charge on any atom is -0.497 e. The Balaban J connectivity index is 0.00000420. The maximum atomic E-state index is 5.34. The van der Waals surface area contributed by atoms with Gasteiger partial charge in [-0.25, -0.2) is 0 Å². The molecule has 0 aliphatic rings. The van der Waals surface area contributed by atoms with Crippen molar-refractivity contribution < 1.29 is 4.74 Å². The summed E-state index contributed by atoms with van der Waals surface area (Å²) in [5.41, 5.74) is 5.82. The van der Waals surface area contributed by atoms with Crippen LogP contribution < -0.4 is 15.5 Å². The molecule has 5 nitrogen and oxygen atoms in total. The van der Waals surface area contributed by atoms with Gasteiger partial charge >= 0.3 is 0 Å². The molecule has 0 bridgehead atoms. The number of halogens is 2. The number of allylic oxidation sites excluding steroid dienone is 1. The zero-order valence-corrected chi connectivity index (χ0v) is 19.9. The molecule has 2 N–H and O–H groups in total. The Hall–Kier alpha value is -1.93. The van der Waals surface area contributed by atoms with E-state index >= 15 is 0 Å². The van der Waals surface area contributed by atoms with Gasteiger partial charge in [-0.05, 0) is 74.4 Å². The average Bonchev–Trinajstić information content (AvgIpc) is 2.69. The van der Waals surface area contributed by atoms with E-state index in [9.17, 15) is 0 Å². The van der Waals surface area contributed by atoms with Gasteiger partial charge in [0.1, 0.15) is 5.75 Å². The van der Waals surface area contributed by atoms with E-state index in [1.165, 1.54) is 0 Å². The van der Waals surface area contributed by atoms with Crippen molar-refractivity contribution in [3.63, 3.8) is 0 Å². The quantitative estimate of drug-likeness (QED) is 0.299. The molecule has 0 heterocycles. The highest BCUT2D eigenvalue weighted by Crippen LogP contribution is 2.14. The monoisotopic (exact) mass is 496 g/mol. The highest BCUT2D eigenvalue weighted by atomic mass is 79.9. The van der Waals surface area contributed by atoms with Crippen molar-refractivity contribution in [3.8, 4) is 5.75 Å². The van der Waals surface area contributed by atoms with E-state index in [1.54, 1.807) is 7.11 Å². The number of hydrogen-bond donors (Lipinski definition) is 2. The van der Waals surface area contributed by atoms with E-state index in [4.69, 9.17) is 17.0 Å². The first-order chi connectivity index (χ1) is 13.5. The van der Waals surface area contributed by atoms with E-state index in [2.05, 4.69) is 36.7 Å². The summed E-state index contributed by atoms with van der Waals surface area (Å²) in [5.74, 6) is 0.838. The molecule has 0 aliphatic heterocycles. The smallest absolute Gasteiger partial charge is 0.191 e. The Labute approximate surface area is 192 Å². The minimum absolute atomic E-state index is 0. The number of nitrogens with zero attached hydrogens (tertiary/aromatic N) is 2. The van der Waals surface area contributed by atoms with Crippen LogP contribution in [0, 0.1) is 0 Å². The predicted octanol–water partition coefficient (Wildman–Crippen LogP) is 5.19. The lowest BCUT2D eigenvalue weighted by Gasteiger charge is -2.11. The molecule has 2 aromatic rings. The summed E-state index contributed by atoms with van der Waals surface area (Å²) in [7, 11) is 5.74. The van der Waals surface area contributed by atoms with Gasteiger partial charge < -0.3 is 15.0 Å². The van der Waals surface area contributed by atoms with E-state index < -0.39 is 0 Å². The van der Waals surface area contributed by atoms with Crippen molar-refractivity contribution >= 4 is 63.1 Å². The number of anilines is 1. The number of hydrogen-bond acceptors (Lipinski definition) is 4. The lowest BCUT2D eigenvalue weighted by atomic mass is 10.1. The van der Waals surface area contributed by atoms with Crippen LogP contribution >= 0.6 is 40.6 Å². The molecule has 0 saturated heterocycles. The van der Waals surface area contributed by atoms with Gasteiger partial charge in [0.15, 0.2) is 5.11 Å². The first kappa shape index (κ1) is 25.1. The second kappa shape index (κ2) is 13.3. The third-order valence-corrected chi connectivity index (χ3v) is 4.52. The van der Waals surface area contributed by atoms with Crippen LogP contribution in [-0.2, 0) is 0 Å². The average molecular weight is 498 g/mol. The fraction of sp³-hybridized carbons (Fsp3) is 0.238. The SMILES string of the molecule is COc1ccc(C=C/C(CCN(C)C)=N/NC(=S)Nc2ccc(Br)cc2)cc1.Cl. The van der Waals surface area contributed by atoms with E-state index in [1.807, 2.05) is 74.8 Å². The van der Waals surface area contributed by atoms with E-state index in [-0.39, 0.29) is 12.4 Å². The Morgan fingerprint density at radius 1 is 1.14 bits per heavy atom. The summed E-state index contributed by atoms with van der Waals surface area (Å²) in [4.78, 5) is 2.12. The molecular weight excluding hydrogens is 472 g/mol. The third-order valence-electron chi connectivity index (χ3n) is 3.80. The molecule has 0 saturated carbocycles. The van der Waals surface area contributed by atoms with E-state index in [0.29, 0.717) is 5.11 Å². The molecule has 156 valence electrons. The number of methoxy groups -OCH3 is 1.